The van der Waals surface area contributed by atoms with Crippen molar-refractivity contribution in [2.45, 2.75) is 49.5 Å². The van der Waals surface area contributed by atoms with E-state index in [1.165, 1.54) is 10.9 Å². The largest absolute Gasteiger partial charge is 0.472 e. The zero-order valence-corrected chi connectivity index (χ0v) is 24.2. The number of phosphoric acid groups is 2. The maximum absolute atomic E-state index is 15.8. The van der Waals surface area contributed by atoms with Gasteiger partial charge in [-0.1, -0.05) is 0 Å². The molecule has 2 fully saturated rings. The van der Waals surface area contributed by atoms with E-state index in [1.807, 2.05) is 0 Å². The standard InChI is InChI=1S/C20H24F2N10O11P2/c21-8-1-7(41-18(8)31-5-27-11-14(23)25-4-26-15(11)31)2-40-45(37,38)43-13-9(3-39-44(34,35)36)42-19(10(13)22)32-6-28-12-16(32)29-20(24)30-17(12)33/h4-10,13,18-19H,1-3H2,(H,37,38)(H2,23,25,26)(H2,34,35,36)(H3,24,29,30,33)/t7-,8+,9+,10+,13+,18+,19+/m0/s1. The molecule has 0 aliphatic carbocycles. The average Bonchev–Trinajstić information content (AvgIpc) is 3.72. The molecule has 2 aliphatic rings. The summed E-state index contributed by atoms with van der Waals surface area (Å²) in [5, 5.41) is 0. The lowest BCUT2D eigenvalue weighted by atomic mass is 10.1. The highest BCUT2D eigenvalue weighted by Gasteiger charge is 2.51. The van der Waals surface area contributed by atoms with E-state index in [0.29, 0.717) is 0 Å². The summed E-state index contributed by atoms with van der Waals surface area (Å²) in [6.45, 7) is -1.69. The summed E-state index contributed by atoms with van der Waals surface area (Å²) in [4.78, 5) is 62.7. The van der Waals surface area contributed by atoms with E-state index < -0.39 is 77.5 Å². The van der Waals surface area contributed by atoms with Gasteiger partial charge in [-0.05, 0) is 0 Å². The fourth-order valence-corrected chi connectivity index (χ4v) is 6.26. The molecule has 25 heteroatoms. The van der Waals surface area contributed by atoms with Crippen LogP contribution in [-0.2, 0) is 32.2 Å². The fraction of sp³-hybridized carbons (Fsp3) is 0.500. The van der Waals surface area contributed by atoms with Gasteiger partial charge in [-0.15, -0.1) is 0 Å². The van der Waals surface area contributed by atoms with Crippen LogP contribution in [0.4, 0.5) is 20.5 Å². The minimum atomic E-state index is -5.19. The Morgan fingerprint density at radius 3 is 2.42 bits per heavy atom. The molecule has 0 spiro atoms. The third kappa shape index (κ3) is 6.31. The molecule has 45 heavy (non-hydrogen) atoms. The van der Waals surface area contributed by atoms with Crippen molar-refractivity contribution in [2.75, 3.05) is 24.7 Å². The van der Waals surface area contributed by atoms with E-state index in [0.717, 1.165) is 17.2 Å². The van der Waals surface area contributed by atoms with E-state index in [1.54, 1.807) is 0 Å². The Labute approximate surface area is 248 Å². The highest BCUT2D eigenvalue weighted by Crippen LogP contribution is 2.50. The third-order valence-electron chi connectivity index (χ3n) is 6.87. The van der Waals surface area contributed by atoms with Gasteiger partial charge in [-0.25, -0.2) is 37.8 Å². The molecule has 4 aromatic rings. The molecule has 1 unspecified atom stereocenters. The van der Waals surface area contributed by atoms with E-state index in [4.69, 9.17) is 39.8 Å². The Kier molecular flexibility index (Phi) is 8.18. The highest BCUT2D eigenvalue weighted by atomic mass is 31.2. The average molecular weight is 680 g/mol. The SMILES string of the molecule is Nc1nc2c(ncn2[C@@H]2O[C@H](COP(=O)(O)O)[C@@H](OP(=O)(O)OC[C@@H]3C[C@@H](F)[C@H](n4cnc5c(N)ncnc54)O3)[C@H]2F)c(=O)[nH]1. The number of anilines is 2. The Bertz CT molecular complexity index is 1890. The van der Waals surface area contributed by atoms with Gasteiger partial charge in [0.15, 0.2) is 41.3 Å². The molecule has 0 radical (unpaired) electrons. The molecule has 8 N–H and O–H groups in total. The number of alkyl halides is 2. The highest BCUT2D eigenvalue weighted by molar-refractivity contribution is 7.47. The summed E-state index contributed by atoms with van der Waals surface area (Å²) in [5.74, 6) is -0.273. The van der Waals surface area contributed by atoms with Crippen LogP contribution in [0.5, 0.6) is 0 Å². The summed E-state index contributed by atoms with van der Waals surface area (Å²) >= 11 is 0. The number of halogens is 2. The first-order valence-corrected chi connectivity index (χ1v) is 15.8. The number of hydrogen-bond donors (Lipinski definition) is 6. The molecule has 6 heterocycles. The molecule has 4 aromatic heterocycles. The van der Waals surface area contributed by atoms with E-state index in [9.17, 15) is 23.2 Å². The summed E-state index contributed by atoms with van der Waals surface area (Å²) < 4.78 is 82.8. The van der Waals surface area contributed by atoms with Gasteiger partial charge in [0.05, 0.1) is 32.0 Å². The predicted octanol–water partition coefficient (Wildman–Crippen LogP) is -0.404. The van der Waals surface area contributed by atoms with Crippen molar-refractivity contribution in [2.24, 2.45) is 0 Å². The van der Waals surface area contributed by atoms with Gasteiger partial charge in [-0.3, -0.25) is 32.5 Å². The van der Waals surface area contributed by atoms with Crippen LogP contribution in [0.25, 0.3) is 22.3 Å². The first-order valence-electron chi connectivity index (χ1n) is 12.8. The van der Waals surface area contributed by atoms with Gasteiger partial charge < -0.3 is 35.6 Å². The van der Waals surface area contributed by atoms with Crippen LogP contribution < -0.4 is 17.0 Å². The zero-order chi connectivity index (χ0) is 32.3. The zero-order valence-electron chi connectivity index (χ0n) is 22.4. The number of nitrogens with one attached hydrogen (secondary N) is 1. The molecule has 0 saturated carbocycles. The Balaban J connectivity index is 1.16. The Hall–Kier alpha value is -3.50. The monoisotopic (exact) mass is 680 g/mol. The van der Waals surface area contributed by atoms with Crippen molar-refractivity contribution < 1.29 is 55.6 Å². The maximum atomic E-state index is 15.8. The second-order valence-electron chi connectivity index (χ2n) is 9.89. The van der Waals surface area contributed by atoms with E-state index >= 15 is 4.39 Å². The smallest absolute Gasteiger partial charge is 0.382 e. The molecular formula is C20H24F2N10O11P2. The summed E-state index contributed by atoms with van der Waals surface area (Å²) in [5.41, 5.74) is 10.5. The molecule has 21 nitrogen and oxygen atoms in total. The number of aromatic amines is 1. The van der Waals surface area contributed by atoms with Crippen molar-refractivity contribution >= 4 is 49.7 Å². The number of imidazole rings is 2. The van der Waals surface area contributed by atoms with Crippen molar-refractivity contribution in [1.82, 2.24) is 39.0 Å². The van der Waals surface area contributed by atoms with E-state index in [-0.39, 0.29) is 40.5 Å². The molecule has 0 aromatic carbocycles. The third-order valence-corrected chi connectivity index (χ3v) is 8.34. The number of rotatable bonds is 10. The number of aromatic nitrogens is 8. The van der Waals surface area contributed by atoms with Crippen LogP contribution in [0.3, 0.4) is 0 Å². The van der Waals surface area contributed by atoms with Gasteiger partial charge in [0, 0.05) is 6.42 Å². The van der Waals surface area contributed by atoms with Crippen LogP contribution in [0.2, 0.25) is 0 Å². The van der Waals surface area contributed by atoms with Crippen molar-refractivity contribution in [1.29, 1.82) is 0 Å². The van der Waals surface area contributed by atoms with Crippen molar-refractivity contribution in [3.63, 3.8) is 0 Å². The first kappa shape index (κ1) is 31.5. The Morgan fingerprint density at radius 1 is 0.978 bits per heavy atom. The topological polar surface area (TPSA) is 300 Å². The second kappa shape index (κ2) is 11.7. The molecule has 8 atom stereocenters. The van der Waals surface area contributed by atoms with Crippen LogP contribution in [0.15, 0.2) is 23.8 Å². The molecule has 2 aliphatic heterocycles. The van der Waals surface area contributed by atoms with E-state index in [2.05, 4.69) is 34.4 Å². The maximum Gasteiger partial charge on any atom is 0.472 e. The van der Waals surface area contributed by atoms with Crippen molar-refractivity contribution in [3.05, 3.63) is 29.3 Å². The minimum Gasteiger partial charge on any atom is -0.382 e. The van der Waals surface area contributed by atoms with Gasteiger partial charge in [0.2, 0.25) is 5.95 Å². The molecule has 2 saturated heterocycles. The number of hydrogen-bond acceptors (Lipinski definition) is 15. The van der Waals surface area contributed by atoms with Gasteiger partial charge in [-0.2, -0.15) is 4.98 Å². The van der Waals surface area contributed by atoms with Crippen LogP contribution in [0, 0.1) is 0 Å². The lowest BCUT2D eigenvalue weighted by Gasteiger charge is -2.23. The van der Waals surface area contributed by atoms with Gasteiger partial charge >= 0.3 is 15.6 Å². The number of nitrogens with zero attached hydrogens (tertiary/aromatic N) is 7. The summed E-state index contributed by atoms with van der Waals surface area (Å²) in [6.07, 6.45) is -8.67. The normalized spacial score (nSPS) is 28.7. The van der Waals surface area contributed by atoms with Gasteiger partial charge in [0.1, 0.15) is 30.2 Å². The summed E-state index contributed by atoms with van der Waals surface area (Å²) in [6, 6.07) is 0. The first-order chi connectivity index (χ1) is 21.2. The number of nitrogen functional groups attached to an aromatic ring is 2. The molecule has 0 bridgehead atoms. The van der Waals surface area contributed by atoms with Crippen LogP contribution in [-0.4, -0.2) is 97.6 Å². The fourth-order valence-electron chi connectivity index (χ4n) is 4.95. The van der Waals surface area contributed by atoms with Crippen LogP contribution in [0.1, 0.15) is 18.9 Å². The van der Waals surface area contributed by atoms with Crippen LogP contribution >= 0.6 is 15.6 Å². The predicted molar refractivity (Wildman–Crippen MR) is 143 cm³/mol. The second-order valence-corrected chi connectivity index (χ2v) is 12.5. The molecule has 0 amide bonds. The number of phosphoric ester groups is 2. The molecule has 244 valence electrons. The van der Waals surface area contributed by atoms with Gasteiger partial charge in [0.25, 0.3) is 5.56 Å². The Morgan fingerprint density at radius 2 is 1.69 bits per heavy atom. The lowest BCUT2D eigenvalue weighted by Crippen LogP contribution is -2.34. The lowest BCUT2D eigenvalue weighted by molar-refractivity contribution is -0.0505. The number of ether oxygens (including phenoxy) is 2. The van der Waals surface area contributed by atoms with Crippen molar-refractivity contribution in [3.8, 4) is 0 Å². The quantitative estimate of drug-likeness (QED) is 0.116. The number of fused-ring (bicyclic) bond motifs is 2. The summed E-state index contributed by atoms with van der Waals surface area (Å²) in [7, 11) is -10.3. The molecular weight excluding hydrogens is 656 g/mol. The molecule has 6 rings (SSSR count). The number of H-pyrrole nitrogens is 1. The minimum absolute atomic E-state index is 0.0643. The number of nitrogens with two attached hydrogens (primary N) is 2.